The highest BCUT2D eigenvalue weighted by Gasteiger charge is 2.31. The quantitative estimate of drug-likeness (QED) is 0.389. The van der Waals surface area contributed by atoms with Gasteiger partial charge in [-0.3, -0.25) is 0 Å². The fourth-order valence-corrected chi connectivity index (χ4v) is 3.26. The van der Waals surface area contributed by atoms with E-state index in [1.165, 1.54) is 17.8 Å². The summed E-state index contributed by atoms with van der Waals surface area (Å²) >= 11 is 1.43. The predicted molar refractivity (Wildman–Crippen MR) is 73.7 cm³/mol. The van der Waals surface area contributed by atoms with Gasteiger partial charge in [0.15, 0.2) is 5.84 Å². The highest BCUT2D eigenvalue weighted by molar-refractivity contribution is 8.00. The first-order chi connectivity index (χ1) is 9.91. The highest BCUT2D eigenvalue weighted by Crippen LogP contribution is 2.36. The van der Waals surface area contributed by atoms with Gasteiger partial charge >= 0.3 is 6.18 Å². The number of halogens is 3. The van der Waals surface area contributed by atoms with Crippen LogP contribution in [-0.4, -0.2) is 29.5 Å². The summed E-state index contributed by atoms with van der Waals surface area (Å²) in [4.78, 5) is 0.574. The molecule has 0 amide bonds. The number of ether oxygens (including phenoxy) is 1. The number of amidine groups is 1. The molecule has 1 aromatic rings. The Hall–Kier alpha value is -1.41. The van der Waals surface area contributed by atoms with Gasteiger partial charge in [-0.15, -0.1) is 11.8 Å². The minimum absolute atomic E-state index is 0.101. The molecule has 1 saturated heterocycles. The number of hydrogen-bond donors (Lipinski definition) is 2. The summed E-state index contributed by atoms with van der Waals surface area (Å²) < 4.78 is 43.5. The molecule has 4 nitrogen and oxygen atoms in total. The maximum absolute atomic E-state index is 12.8. The molecule has 0 bridgehead atoms. The van der Waals surface area contributed by atoms with E-state index in [0.717, 1.165) is 25.0 Å². The maximum Gasteiger partial charge on any atom is 0.416 e. The van der Waals surface area contributed by atoms with Gasteiger partial charge in [0.1, 0.15) is 0 Å². The van der Waals surface area contributed by atoms with Crippen LogP contribution in [-0.2, 0) is 10.9 Å². The fraction of sp³-hybridized carbons (Fsp3) is 0.462. The van der Waals surface area contributed by atoms with Gasteiger partial charge in [-0.05, 0) is 31.0 Å². The van der Waals surface area contributed by atoms with Gasteiger partial charge in [-0.25, -0.2) is 0 Å². The van der Waals surface area contributed by atoms with Crippen LogP contribution in [0.1, 0.15) is 24.0 Å². The van der Waals surface area contributed by atoms with Crippen LogP contribution in [0.3, 0.4) is 0 Å². The molecule has 0 radical (unpaired) electrons. The molecule has 1 heterocycles. The van der Waals surface area contributed by atoms with Crippen LogP contribution >= 0.6 is 11.8 Å². The van der Waals surface area contributed by atoms with Crippen LogP contribution in [0.15, 0.2) is 28.3 Å². The van der Waals surface area contributed by atoms with E-state index in [-0.39, 0.29) is 16.6 Å². The summed E-state index contributed by atoms with van der Waals surface area (Å²) in [6, 6.07) is 3.29. The molecular weight excluding hydrogens is 305 g/mol. The minimum Gasteiger partial charge on any atom is -0.409 e. The lowest BCUT2D eigenvalue weighted by Gasteiger charge is -2.22. The molecule has 0 aromatic heterocycles. The molecule has 1 aromatic carbocycles. The van der Waals surface area contributed by atoms with Gasteiger partial charge in [-0.2, -0.15) is 13.2 Å². The zero-order chi connectivity index (χ0) is 15.5. The lowest BCUT2D eigenvalue weighted by atomic mass is 10.1. The Balaban J connectivity index is 2.31. The molecule has 1 fully saturated rings. The lowest BCUT2D eigenvalue weighted by molar-refractivity contribution is -0.137. The molecule has 0 aliphatic carbocycles. The zero-order valence-corrected chi connectivity index (χ0v) is 11.9. The number of nitrogens with zero attached hydrogens (tertiary/aromatic N) is 1. The Kier molecular flexibility index (Phi) is 5.00. The summed E-state index contributed by atoms with van der Waals surface area (Å²) in [7, 11) is 0. The van der Waals surface area contributed by atoms with Crippen LogP contribution in [0.25, 0.3) is 0 Å². The smallest absolute Gasteiger partial charge is 0.409 e. The summed E-state index contributed by atoms with van der Waals surface area (Å²) in [5.41, 5.74) is 4.79. The average Bonchev–Trinajstić information content (AvgIpc) is 2.47. The minimum atomic E-state index is -4.47. The average molecular weight is 320 g/mol. The van der Waals surface area contributed by atoms with Crippen molar-refractivity contribution in [2.45, 2.75) is 29.2 Å². The normalized spacial score (nSPS) is 18.0. The molecule has 116 valence electrons. The Bertz CT molecular complexity index is 529. The van der Waals surface area contributed by atoms with Crippen molar-refractivity contribution in [1.82, 2.24) is 0 Å². The van der Waals surface area contributed by atoms with Gasteiger partial charge in [0, 0.05) is 28.9 Å². The number of hydrogen-bond acceptors (Lipinski definition) is 4. The van der Waals surface area contributed by atoms with E-state index in [0.29, 0.717) is 18.1 Å². The second-order valence-corrected chi connectivity index (χ2v) is 5.97. The van der Waals surface area contributed by atoms with Crippen LogP contribution < -0.4 is 5.73 Å². The van der Waals surface area contributed by atoms with E-state index in [1.807, 2.05) is 0 Å². The van der Waals surface area contributed by atoms with Gasteiger partial charge in [0.05, 0.1) is 5.56 Å². The van der Waals surface area contributed by atoms with E-state index in [2.05, 4.69) is 5.16 Å². The summed E-state index contributed by atoms with van der Waals surface area (Å²) in [6.07, 6.45) is -2.82. The molecule has 8 heteroatoms. The number of rotatable bonds is 3. The molecule has 0 saturated carbocycles. The molecule has 0 atom stereocenters. The van der Waals surface area contributed by atoms with Gasteiger partial charge in [0.25, 0.3) is 0 Å². The first-order valence-corrected chi connectivity index (χ1v) is 7.23. The zero-order valence-electron chi connectivity index (χ0n) is 11.1. The first kappa shape index (κ1) is 16.0. The Morgan fingerprint density at radius 2 is 2.00 bits per heavy atom. The summed E-state index contributed by atoms with van der Waals surface area (Å²) in [5, 5.41) is 11.8. The molecular formula is C13H15F3N2O2S. The number of benzene rings is 1. The molecule has 0 spiro atoms. The van der Waals surface area contributed by atoms with Crippen molar-refractivity contribution in [2.24, 2.45) is 10.9 Å². The van der Waals surface area contributed by atoms with Crippen LogP contribution in [0.4, 0.5) is 13.2 Å². The SMILES string of the molecule is NC(=NO)c1cc(C(F)(F)F)ccc1SC1CCOCC1. The van der Waals surface area contributed by atoms with Crippen molar-refractivity contribution in [3.63, 3.8) is 0 Å². The summed E-state index contributed by atoms with van der Waals surface area (Å²) in [5.74, 6) is -0.323. The number of oxime groups is 1. The molecule has 1 aliphatic rings. The number of alkyl halides is 3. The third kappa shape index (κ3) is 4.04. The van der Waals surface area contributed by atoms with Crippen molar-refractivity contribution in [2.75, 3.05) is 13.2 Å². The molecule has 3 N–H and O–H groups in total. The van der Waals surface area contributed by atoms with E-state index >= 15 is 0 Å². The van der Waals surface area contributed by atoms with Crippen LogP contribution in [0.5, 0.6) is 0 Å². The summed E-state index contributed by atoms with van der Waals surface area (Å²) in [6.45, 7) is 1.27. The predicted octanol–water partition coefficient (Wildman–Crippen LogP) is 3.07. The van der Waals surface area contributed by atoms with E-state index in [4.69, 9.17) is 15.7 Å². The second-order valence-electron chi connectivity index (χ2n) is 4.62. The first-order valence-electron chi connectivity index (χ1n) is 6.35. The lowest BCUT2D eigenvalue weighted by Crippen LogP contribution is -2.20. The Morgan fingerprint density at radius 1 is 1.33 bits per heavy atom. The number of nitrogens with two attached hydrogens (primary N) is 1. The third-order valence-electron chi connectivity index (χ3n) is 3.15. The molecule has 1 aliphatic heterocycles. The highest BCUT2D eigenvalue weighted by atomic mass is 32.2. The maximum atomic E-state index is 12.8. The van der Waals surface area contributed by atoms with Crippen molar-refractivity contribution in [3.8, 4) is 0 Å². The van der Waals surface area contributed by atoms with Crippen LogP contribution in [0.2, 0.25) is 0 Å². The molecule has 0 unspecified atom stereocenters. The van der Waals surface area contributed by atoms with Crippen molar-refractivity contribution in [1.29, 1.82) is 0 Å². The second kappa shape index (κ2) is 6.57. The van der Waals surface area contributed by atoms with Crippen molar-refractivity contribution >= 4 is 17.6 Å². The largest absolute Gasteiger partial charge is 0.416 e. The van der Waals surface area contributed by atoms with Gasteiger partial charge in [-0.1, -0.05) is 5.16 Å². The number of thioether (sulfide) groups is 1. The van der Waals surface area contributed by atoms with E-state index in [1.54, 1.807) is 0 Å². The fourth-order valence-electron chi connectivity index (χ4n) is 2.04. The standard InChI is InChI=1S/C13H15F3N2O2S/c14-13(15,16)8-1-2-11(10(7-8)12(17)18-19)21-9-3-5-20-6-4-9/h1-2,7,9,19H,3-6H2,(H2,17,18). The molecule has 21 heavy (non-hydrogen) atoms. The van der Waals surface area contributed by atoms with Gasteiger partial charge < -0.3 is 15.7 Å². The molecule has 2 rings (SSSR count). The topological polar surface area (TPSA) is 67.8 Å². The van der Waals surface area contributed by atoms with Crippen molar-refractivity contribution in [3.05, 3.63) is 29.3 Å². The van der Waals surface area contributed by atoms with E-state index < -0.39 is 11.7 Å². The van der Waals surface area contributed by atoms with Crippen molar-refractivity contribution < 1.29 is 23.1 Å². The Labute approximate surface area is 124 Å². The Morgan fingerprint density at radius 3 is 2.57 bits per heavy atom. The monoisotopic (exact) mass is 320 g/mol. The third-order valence-corrected chi connectivity index (χ3v) is 4.57. The van der Waals surface area contributed by atoms with Gasteiger partial charge in [0.2, 0.25) is 0 Å². The van der Waals surface area contributed by atoms with Crippen LogP contribution in [0, 0.1) is 0 Å². The van der Waals surface area contributed by atoms with E-state index in [9.17, 15) is 13.2 Å².